The minimum atomic E-state index is 0.0640. The minimum Gasteiger partial charge on any atom is -0.341 e. The molecule has 2 fully saturated rings. The number of aromatic nitrogens is 2. The highest BCUT2D eigenvalue weighted by Crippen LogP contribution is 2.23. The molecule has 6 heteroatoms. The third-order valence-corrected chi connectivity index (χ3v) is 6.26. The van der Waals surface area contributed by atoms with Crippen molar-refractivity contribution in [2.24, 2.45) is 5.92 Å². The van der Waals surface area contributed by atoms with Gasteiger partial charge in [0.05, 0.1) is 5.69 Å². The molecule has 4 rings (SSSR count). The summed E-state index contributed by atoms with van der Waals surface area (Å²) in [5.74, 6) is 0.811. The van der Waals surface area contributed by atoms with Gasteiger partial charge < -0.3 is 9.80 Å². The van der Waals surface area contributed by atoms with Crippen LogP contribution < -0.4 is 5.56 Å². The lowest BCUT2D eigenvalue weighted by atomic mass is 9.96. The summed E-state index contributed by atoms with van der Waals surface area (Å²) < 4.78 is 1.70. The van der Waals surface area contributed by atoms with Crippen molar-refractivity contribution < 1.29 is 4.79 Å². The maximum atomic E-state index is 12.3. The highest BCUT2D eigenvalue weighted by molar-refractivity contribution is 5.78. The van der Waals surface area contributed by atoms with Crippen molar-refractivity contribution in [1.82, 2.24) is 19.6 Å². The fourth-order valence-corrected chi connectivity index (χ4v) is 4.54. The van der Waals surface area contributed by atoms with Gasteiger partial charge in [-0.05, 0) is 63.1 Å². The summed E-state index contributed by atoms with van der Waals surface area (Å²) >= 11 is 0. The molecule has 25 heavy (non-hydrogen) atoms. The Kier molecular flexibility index (Phi) is 4.63. The molecule has 2 aliphatic heterocycles. The average molecular weight is 344 g/mol. The van der Waals surface area contributed by atoms with Crippen LogP contribution in [0.3, 0.4) is 0 Å². The molecule has 0 aromatic carbocycles. The lowest BCUT2D eigenvalue weighted by Crippen LogP contribution is -2.44. The van der Waals surface area contributed by atoms with Crippen LogP contribution in [0.15, 0.2) is 10.9 Å². The number of likely N-dealkylation sites (N-methyl/N-ethyl adjacent to an activating group) is 1. The van der Waals surface area contributed by atoms with Crippen LogP contribution in [0.4, 0.5) is 0 Å². The van der Waals surface area contributed by atoms with E-state index in [0.717, 1.165) is 76.0 Å². The normalized spacial score (nSPS) is 24.9. The van der Waals surface area contributed by atoms with Crippen LogP contribution in [0.25, 0.3) is 0 Å². The molecule has 0 radical (unpaired) electrons. The van der Waals surface area contributed by atoms with Crippen molar-refractivity contribution in [1.29, 1.82) is 0 Å². The predicted molar refractivity (Wildman–Crippen MR) is 95.5 cm³/mol. The largest absolute Gasteiger partial charge is 0.341 e. The van der Waals surface area contributed by atoms with Gasteiger partial charge >= 0.3 is 0 Å². The zero-order chi connectivity index (χ0) is 17.4. The van der Waals surface area contributed by atoms with Gasteiger partial charge in [0.2, 0.25) is 5.91 Å². The second kappa shape index (κ2) is 6.90. The van der Waals surface area contributed by atoms with E-state index in [0.29, 0.717) is 18.4 Å². The Labute approximate surface area is 148 Å². The molecule has 0 N–H and O–H groups in total. The minimum absolute atomic E-state index is 0.0640. The highest BCUT2D eigenvalue weighted by Gasteiger charge is 2.30. The molecule has 0 saturated carbocycles. The first-order valence-electron chi connectivity index (χ1n) is 9.68. The smallest absolute Gasteiger partial charge is 0.267 e. The lowest BCUT2D eigenvalue weighted by Gasteiger charge is -2.35. The van der Waals surface area contributed by atoms with Crippen molar-refractivity contribution in [3.63, 3.8) is 0 Å². The number of hydrogen-bond donors (Lipinski definition) is 0. The molecule has 0 spiro atoms. The van der Waals surface area contributed by atoms with Crippen LogP contribution in [0.5, 0.6) is 0 Å². The van der Waals surface area contributed by atoms with Crippen LogP contribution in [-0.2, 0) is 24.2 Å². The SMILES string of the molecule is CN1C(=O)CCC1CN1CCC(Cn2nc3c(cc2=O)CCC3)CC1. The first kappa shape index (κ1) is 16.8. The summed E-state index contributed by atoms with van der Waals surface area (Å²) in [7, 11) is 1.93. The van der Waals surface area contributed by atoms with E-state index in [2.05, 4.69) is 10.00 Å². The van der Waals surface area contributed by atoms with Gasteiger partial charge in [-0.25, -0.2) is 4.68 Å². The Morgan fingerprint density at radius 1 is 1.08 bits per heavy atom. The van der Waals surface area contributed by atoms with Crippen molar-refractivity contribution >= 4 is 5.91 Å². The molecule has 2 saturated heterocycles. The first-order chi connectivity index (χ1) is 12.1. The lowest BCUT2D eigenvalue weighted by molar-refractivity contribution is -0.127. The number of nitrogens with zero attached hydrogens (tertiary/aromatic N) is 4. The molecular formula is C19H28N4O2. The predicted octanol–water partition coefficient (Wildman–Crippen LogP) is 1.06. The maximum Gasteiger partial charge on any atom is 0.267 e. The molecule has 3 heterocycles. The van der Waals surface area contributed by atoms with Gasteiger partial charge in [-0.2, -0.15) is 5.10 Å². The van der Waals surface area contributed by atoms with E-state index in [1.165, 1.54) is 0 Å². The average Bonchev–Trinajstić information content (AvgIpc) is 3.18. The summed E-state index contributed by atoms with van der Waals surface area (Å²) in [6.07, 6.45) is 7.05. The van der Waals surface area contributed by atoms with Crippen molar-refractivity contribution in [3.8, 4) is 0 Å². The van der Waals surface area contributed by atoms with E-state index in [9.17, 15) is 9.59 Å². The summed E-state index contributed by atoms with van der Waals surface area (Å²) in [5, 5.41) is 4.61. The number of carbonyl (C=O) groups is 1. The molecule has 1 aliphatic carbocycles. The van der Waals surface area contributed by atoms with E-state index < -0.39 is 0 Å². The number of fused-ring (bicyclic) bond motifs is 1. The highest BCUT2D eigenvalue weighted by atomic mass is 16.2. The van der Waals surface area contributed by atoms with Gasteiger partial charge in [-0.1, -0.05) is 0 Å². The number of likely N-dealkylation sites (tertiary alicyclic amines) is 2. The molecule has 1 atom stereocenters. The van der Waals surface area contributed by atoms with Gasteiger partial charge in [-0.3, -0.25) is 9.59 Å². The van der Waals surface area contributed by atoms with Crippen molar-refractivity contribution in [3.05, 3.63) is 27.7 Å². The third kappa shape index (κ3) is 3.50. The number of amides is 1. The Balaban J connectivity index is 1.31. The van der Waals surface area contributed by atoms with Gasteiger partial charge in [0.15, 0.2) is 0 Å². The van der Waals surface area contributed by atoms with Gasteiger partial charge in [-0.15, -0.1) is 0 Å². The van der Waals surface area contributed by atoms with Gasteiger partial charge in [0, 0.05) is 38.7 Å². The summed E-state index contributed by atoms with van der Waals surface area (Å²) in [6, 6.07) is 2.18. The standard InChI is InChI=1S/C19H28N4O2/c1-21-16(5-6-18(21)24)13-22-9-7-14(8-10-22)12-23-19(25)11-15-3-2-4-17(15)20-23/h11,14,16H,2-10,12-13H2,1H3. The van der Waals surface area contributed by atoms with Crippen LogP contribution in [0, 0.1) is 5.92 Å². The number of rotatable bonds is 4. The Bertz CT molecular complexity index is 706. The molecular weight excluding hydrogens is 316 g/mol. The zero-order valence-corrected chi connectivity index (χ0v) is 15.1. The Hall–Kier alpha value is -1.69. The maximum absolute atomic E-state index is 12.3. The number of carbonyl (C=O) groups excluding carboxylic acids is 1. The Morgan fingerprint density at radius 3 is 2.60 bits per heavy atom. The molecule has 3 aliphatic rings. The van der Waals surface area contributed by atoms with Crippen LogP contribution in [-0.4, -0.2) is 58.2 Å². The molecule has 1 unspecified atom stereocenters. The topological polar surface area (TPSA) is 58.4 Å². The van der Waals surface area contributed by atoms with E-state index >= 15 is 0 Å². The van der Waals surface area contributed by atoms with E-state index in [1.807, 2.05) is 11.9 Å². The van der Waals surface area contributed by atoms with Gasteiger partial charge in [0.1, 0.15) is 0 Å². The molecule has 1 amide bonds. The molecule has 1 aromatic rings. The van der Waals surface area contributed by atoms with Crippen molar-refractivity contribution in [2.45, 2.75) is 57.5 Å². The van der Waals surface area contributed by atoms with E-state index in [-0.39, 0.29) is 11.5 Å². The number of aryl methyl sites for hydroxylation is 2. The fraction of sp³-hybridized carbons (Fsp3) is 0.737. The fourth-order valence-electron chi connectivity index (χ4n) is 4.54. The number of piperidine rings is 1. The molecule has 1 aromatic heterocycles. The quantitative estimate of drug-likeness (QED) is 0.820. The van der Waals surface area contributed by atoms with Crippen LogP contribution in [0.1, 0.15) is 43.4 Å². The van der Waals surface area contributed by atoms with Crippen molar-refractivity contribution in [2.75, 3.05) is 26.7 Å². The monoisotopic (exact) mass is 344 g/mol. The number of hydrogen-bond acceptors (Lipinski definition) is 4. The van der Waals surface area contributed by atoms with Crippen LogP contribution in [0.2, 0.25) is 0 Å². The zero-order valence-electron chi connectivity index (χ0n) is 15.1. The van der Waals surface area contributed by atoms with E-state index in [4.69, 9.17) is 0 Å². The van der Waals surface area contributed by atoms with Gasteiger partial charge in [0.25, 0.3) is 5.56 Å². The van der Waals surface area contributed by atoms with E-state index in [1.54, 1.807) is 10.7 Å². The summed E-state index contributed by atoms with van der Waals surface area (Å²) in [5.41, 5.74) is 2.35. The Morgan fingerprint density at radius 2 is 1.88 bits per heavy atom. The second-order valence-electron chi connectivity index (χ2n) is 7.93. The van der Waals surface area contributed by atoms with Crippen LogP contribution >= 0.6 is 0 Å². The molecule has 6 nitrogen and oxygen atoms in total. The third-order valence-electron chi connectivity index (χ3n) is 6.26. The summed E-state index contributed by atoms with van der Waals surface area (Å²) in [4.78, 5) is 28.3. The molecule has 136 valence electrons. The second-order valence-corrected chi connectivity index (χ2v) is 7.93. The summed E-state index contributed by atoms with van der Waals surface area (Å²) in [6.45, 7) is 3.86. The molecule has 0 bridgehead atoms. The first-order valence-corrected chi connectivity index (χ1v) is 9.68.